The molecule has 0 saturated carbocycles. The Morgan fingerprint density at radius 1 is 1.26 bits per heavy atom. The summed E-state index contributed by atoms with van der Waals surface area (Å²) >= 11 is 3.86. The second-order valence-corrected chi connectivity index (χ2v) is 8.00. The van der Waals surface area contributed by atoms with E-state index in [4.69, 9.17) is 0 Å². The van der Waals surface area contributed by atoms with Crippen LogP contribution in [0.2, 0.25) is 0 Å². The maximum absolute atomic E-state index is 4.40. The zero-order valence-electron chi connectivity index (χ0n) is 12.6. The number of benzene rings is 1. The van der Waals surface area contributed by atoms with E-state index >= 15 is 0 Å². The van der Waals surface area contributed by atoms with Crippen LogP contribution in [0.4, 0.5) is 5.82 Å². The summed E-state index contributed by atoms with van der Waals surface area (Å²) in [5.41, 5.74) is 2.24. The van der Waals surface area contributed by atoms with Crippen molar-refractivity contribution in [3.05, 3.63) is 52.7 Å². The highest BCUT2D eigenvalue weighted by Gasteiger charge is 2.11. The smallest absolute Gasteiger partial charge is 0.138 e. The molecule has 23 heavy (non-hydrogen) atoms. The Kier molecular flexibility index (Phi) is 5.41. The topological polar surface area (TPSA) is 37.8 Å². The van der Waals surface area contributed by atoms with Crippen LogP contribution >= 0.6 is 41.5 Å². The maximum Gasteiger partial charge on any atom is 0.138 e. The number of fused-ring (bicyclic) bond motifs is 1. The van der Waals surface area contributed by atoms with Crippen molar-refractivity contribution in [3.8, 4) is 11.2 Å². The molecule has 2 aromatic heterocycles. The fraction of sp³-hybridized carbons (Fsp3) is 0.176. The lowest BCUT2D eigenvalue weighted by Gasteiger charge is -2.15. The number of rotatable bonds is 3. The fourth-order valence-corrected chi connectivity index (χ4v) is 3.65. The molecule has 3 aromatic rings. The van der Waals surface area contributed by atoms with Crippen LogP contribution in [0.5, 0.6) is 0 Å². The van der Waals surface area contributed by atoms with Crippen LogP contribution in [-0.4, -0.2) is 9.97 Å². The lowest BCUT2D eigenvalue weighted by Crippen LogP contribution is -2.08. The summed E-state index contributed by atoms with van der Waals surface area (Å²) in [6.07, 6.45) is 1.62. The van der Waals surface area contributed by atoms with Gasteiger partial charge in [-0.2, -0.15) is 0 Å². The summed E-state index contributed by atoms with van der Waals surface area (Å²) in [5.74, 6) is 3.99. The molecule has 0 fully saturated rings. The van der Waals surface area contributed by atoms with Crippen molar-refractivity contribution in [2.75, 3.05) is 5.32 Å². The van der Waals surface area contributed by atoms with Gasteiger partial charge >= 0.3 is 0 Å². The van der Waals surface area contributed by atoms with Gasteiger partial charge in [-0.15, -0.1) is 11.3 Å². The van der Waals surface area contributed by atoms with E-state index in [1.165, 1.54) is 19.4 Å². The zero-order valence-corrected chi connectivity index (χ0v) is 16.4. The Balaban J connectivity index is 1.81. The number of halogens is 1. The summed E-state index contributed by atoms with van der Waals surface area (Å²) in [6.45, 7) is 4.22. The highest BCUT2D eigenvalue weighted by molar-refractivity contribution is 14.2. The van der Waals surface area contributed by atoms with E-state index in [1.807, 2.05) is 0 Å². The maximum atomic E-state index is 4.40. The molecule has 6 heteroatoms. The monoisotopic (exact) mass is 451 g/mol. The lowest BCUT2D eigenvalue weighted by atomic mass is 10.1. The molecule has 1 aromatic carbocycles. The van der Waals surface area contributed by atoms with Crippen molar-refractivity contribution in [2.45, 2.75) is 19.9 Å². The van der Waals surface area contributed by atoms with Crippen molar-refractivity contribution in [2.24, 2.45) is 0 Å². The number of hydrogen-bond acceptors (Lipinski definition) is 5. The standard InChI is InChI=1S/C17H14IN3S2/c1-11-9-15-16(19-10-20-17(15)23-11)21-12(2)14-5-3-13(4-6-14)7-8-22-18/h3-6,9-10,12H,1-2H3,(H,19,20,21)/t12-/m0/s1. The highest BCUT2D eigenvalue weighted by atomic mass is 127. The van der Waals surface area contributed by atoms with Crippen LogP contribution in [-0.2, 0) is 0 Å². The molecule has 0 radical (unpaired) electrons. The van der Waals surface area contributed by atoms with Gasteiger partial charge in [0.1, 0.15) is 17.0 Å². The van der Waals surface area contributed by atoms with Crippen molar-refractivity contribution < 1.29 is 0 Å². The van der Waals surface area contributed by atoms with E-state index < -0.39 is 0 Å². The van der Waals surface area contributed by atoms with Gasteiger partial charge in [-0.1, -0.05) is 18.1 Å². The van der Waals surface area contributed by atoms with Gasteiger partial charge in [0.25, 0.3) is 0 Å². The fourth-order valence-electron chi connectivity index (χ4n) is 2.31. The lowest BCUT2D eigenvalue weighted by molar-refractivity contribution is 0.876. The molecular formula is C17H14IN3S2. The Labute approximate surface area is 155 Å². The normalized spacial score (nSPS) is 11.8. The Hall–Kier alpha value is -1.30. The SMILES string of the molecule is Cc1cc2c(N[C@@H](C)c3ccc(C#CSI)cc3)ncnc2s1. The predicted octanol–water partition coefficient (Wildman–Crippen LogP) is 5.57. The first-order valence-electron chi connectivity index (χ1n) is 7.03. The van der Waals surface area contributed by atoms with E-state index in [-0.39, 0.29) is 6.04 Å². The minimum Gasteiger partial charge on any atom is -0.363 e. The summed E-state index contributed by atoms with van der Waals surface area (Å²) in [6, 6.07) is 10.6. The quantitative estimate of drug-likeness (QED) is 0.418. The number of thiophene rings is 1. The van der Waals surface area contributed by atoms with Crippen molar-refractivity contribution in [3.63, 3.8) is 0 Å². The molecule has 3 rings (SSSR count). The second-order valence-electron chi connectivity index (χ2n) is 5.09. The number of nitrogens with zero attached hydrogens (tertiary/aromatic N) is 2. The Morgan fingerprint density at radius 2 is 2.04 bits per heavy atom. The molecule has 0 saturated heterocycles. The number of aromatic nitrogens is 2. The summed E-state index contributed by atoms with van der Waals surface area (Å²) < 4.78 is 0. The van der Waals surface area contributed by atoms with E-state index in [0.29, 0.717) is 0 Å². The molecule has 0 spiro atoms. The third-order valence-electron chi connectivity index (χ3n) is 3.45. The average molecular weight is 451 g/mol. The molecule has 1 N–H and O–H groups in total. The predicted molar refractivity (Wildman–Crippen MR) is 109 cm³/mol. The molecular weight excluding hydrogens is 437 g/mol. The largest absolute Gasteiger partial charge is 0.363 e. The van der Waals surface area contributed by atoms with Gasteiger partial charge in [0.15, 0.2) is 0 Å². The third kappa shape index (κ3) is 3.97. The van der Waals surface area contributed by atoms with E-state index in [0.717, 1.165) is 21.6 Å². The van der Waals surface area contributed by atoms with E-state index in [1.54, 1.807) is 17.7 Å². The van der Waals surface area contributed by atoms with Crippen LogP contribution in [0, 0.1) is 18.1 Å². The molecule has 0 unspecified atom stereocenters. The van der Waals surface area contributed by atoms with E-state index in [2.05, 4.69) is 91.8 Å². The van der Waals surface area contributed by atoms with Crippen LogP contribution in [0.3, 0.4) is 0 Å². The van der Waals surface area contributed by atoms with Gasteiger partial charge in [-0.05, 0) is 51.8 Å². The van der Waals surface area contributed by atoms with Crippen LogP contribution in [0.15, 0.2) is 36.7 Å². The first-order valence-corrected chi connectivity index (χ1v) is 11.2. The Morgan fingerprint density at radius 3 is 2.78 bits per heavy atom. The van der Waals surface area contributed by atoms with Crippen LogP contribution in [0.1, 0.15) is 29.0 Å². The summed E-state index contributed by atoms with van der Waals surface area (Å²) in [7, 11) is 1.50. The van der Waals surface area contributed by atoms with E-state index in [9.17, 15) is 0 Å². The first-order chi connectivity index (χ1) is 11.2. The van der Waals surface area contributed by atoms with Gasteiger partial charge in [0.05, 0.1) is 5.39 Å². The highest BCUT2D eigenvalue weighted by Crippen LogP contribution is 2.29. The van der Waals surface area contributed by atoms with Crippen molar-refractivity contribution in [1.82, 2.24) is 9.97 Å². The molecule has 0 aliphatic rings. The molecule has 2 heterocycles. The van der Waals surface area contributed by atoms with Crippen LogP contribution in [0.25, 0.3) is 10.2 Å². The second kappa shape index (κ2) is 7.51. The van der Waals surface area contributed by atoms with Crippen molar-refractivity contribution in [1.29, 1.82) is 0 Å². The molecule has 0 aliphatic heterocycles. The minimum absolute atomic E-state index is 0.161. The van der Waals surface area contributed by atoms with Gasteiger partial charge in [-0.3, -0.25) is 0 Å². The number of nitrogens with one attached hydrogen (secondary N) is 1. The molecule has 116 valence electrons. The Bertz CT molecular complexity index is 878. The first kappa shape index (κ1) is 16.6. The number of hydrogen-bond donors (Lipinski definition) is 1. The molecule has 3 nitrogen and oxygen atoms in total. The van der Waals surface area contributed by atoms with Crippen molar-refractivity contribution >= 4 is 57.5 Å². The van der Waals surface area contributed by atoms with Gasteiger partial charge in [-0.25, -0.2) is 9.97 Å². The zero-order chi connectivity index (χ0) is 16.2. The molecule has 0 bridgehead atoms. The van der Waals surface area contributed by atoms with Gasteiger partial charge in [0, 0.05) is 37.7 Å². The number of aryl methyl sites for hydroxylation is 1. The van der Waals surface area contributed by atoms with Crippen LogP contribution < -0.4 is 5.32 Å². The average Bonchev–Trinajstić information content (AvgIpc) is 2.94. The summed E-state index contributed by atoms with van der Waals surface area (Å²) in [4.78, 5) is 11.0. The third-order valence-corrected chi connectivity index (χ3v) is 5.25. The number of anilines is 1. The minimum atomic E-state index is 0.161. The van der Waals surface area contributed by atoms with Gasteiger partial charge < -0.3 is 5.32 Å². The molecule has 0 amide bonds. The van der Waals surface area contributed by atoms with Gasteiger partial charge in [0.2, 0.25) is 0 Å². The molecule has 0 aliphatic carbocycles. The molecule has 1 atom stereocenters. The summed E-state index contributed by atoms with van der Waals surface area (Å²) in [5, 5.41) is 7.58.